The van der Waals surface area contributed by atoms with Crippen LogP contribution in [-0.4, -0.2) is 44.7 Å². The van der Waals surface area contributed by atoms with Crippen molar-refractivity contribution < 1.29 is 4.74 Å². The van der Waals surface area contributed by atoms with Crippen molar-refractivity contribution in [2.45, 2.75) is 32.2 Å². The van der Waals surface area contributed by atoms with Gasteiger partial charge in [0.1, 0.15) is 5.75 Å². The van der Waals surface area contributed by atoms with Crippen LogP contribution in [0.15, 0.2) is 24.3 Å². The summed E-state index contributed by atoms with van der Waals surface area (Å²) >= 11 is 0. The lowest BCUT2D eigenvalue weighted by molar-refractivity contribution is 0.251. The van der Waals surface area contributed by atoms with Gasteiger partial charge in [-0.3, -0.25) is 0 Å². The molecule has 0 bridgehead atoms. The van der Waals surface area contributed by atoms with E-state index in [1.54, 1.807) is 0 Å². The molecule has 0 unspecified atom stereocenters. The van der Waals surface area contributed by atoms with Gasteiger partial charge in [0, 0.05) is 13.1 Å². The molecule has 1 saturated heterocycles. The number of benzene rings is 1. The first kappa shape index (κ1) is 14.2. The lowest BCUT2D eigenvalue weighted by Gasteiger charge is -2.37. The molecule has 1 aliphatic rings. The third-order valence-electron chi connectivity index (χ3n) is 3.94. The van der Waals surface area contributed by atoms with Gasteiger partial charge in [0.25, 0.3) is 0 Å². The monoisotopic (exact) mass is 262 g/mol. The summed E-state index contributed by atoms with van der Waals surface area (Å²) in [7, 11) is 4.40. The molecule has 0 spiro atoms. The standard InChI is InChI=1S/C16H26N2O/c1-4-13-19-16-8-6-5-7-15(16)18(3)14-9-11-17(2)12-10-14/h5-8,14H,4,9-13H2,1-3H3. The zero-order valence-corrected chi connectivity index (χ0v) is 12.4. The van der Waals surface area contributed by atoms with Gasteiger partial charge in [-0.15, -0.1) is 0 Å². The van der Waals surface area contributed by atoms with Crippen LogP contribution >= 0.6 is 0 Å². The van der Waals surface area contributed by atoms with Crippen LogP contribution in [0.5, 0.6) is 5.75 Å². The molecule has 0 radical (unpaired) electrons. The first-order valence-electron chi connectivity index (χ1n) is 7.35. The van der Waals surface area contributed by atoms with Crippen molar-refractivity contribution in [3.05, 3.63) is 24.3 Å². The largest absolute Gasteiger partial charge is 0.491 e. The fourth-order valence-corrected chi connectivity index (χ4v) is 2.66. The highest BCUT2D eigenvalue weighted by atomic mass is 16.5. The van der Waals surface area contributed by atoms with Crippen molar-refractivity contribution in [3.63, 3.8) is 0 Å². The summed E-state index contributed by atoms with van der Waals surface area (Å²) in [6, 6.07) is 9.03. The Bertz CT molecular complexity index is 386. The minimum atomic E-state index is 0.627. The smallest absolute Gasteiger partial charge is 0.142 e. The van der Waals surface area contributed by atoms with Crippen LogP contribution in [0, 0.1) is 0 Å². The van der Waals surface area contributed by atoms with Gasteiger partial charge >= 0.3 is 0 Å². The summed E-state index contributed by atoms with van der Waals surface area (Å²) in [5, 5.41) is 0. The SMILES string of the molecule is CCCOc1ccccc1N(C)C1CCN(C)CC1. The molecule has 106 valence electrons. The minimum Gasteiger partial charge on any atom is -0.491 e. The van der Waals surface area contributed by atoms with E-state index in [9.17, 15) is 0 Å². The highest BCUT2D eigenvalue weighted by molar-refractivity contribution is 5.58. The second-order valence-electron chi connectivity index (χ2n) is 5.46. The molecule has 2 rings (SSSR count). The number of rotatable bonds is 5. The van der Waals surface area contributed by atoms with Crippen molar-refractivity contribution in [3.8, 4) is 5.75 Å². The van der Waals surface area contributed by atoms with Gasteiger partial charge in [0.05, 0.1) is 12.3 Å². The highest BCUT2D eigenvalue weighted by Gasteiger charge is 2.22. The fourth-order valence-electron chi connectivity index (χ4n) is 2.66. The van der Waals surface area contributed by atoms with Crippen LogP contribution < -0.4 is 9.64 Å². The molecule has 0 aromatic heterocycles. The molecule has 1 aliphatic heterocycles. The Morgan fingerprint density at radius 1 is 1.26 bits per heavy atom. The number of hydrogen-bond acceptors (Lipinski definition) is 3. The van der Waals surface area contributed by atoms with Crippen molar-refractivity contribution >= 4 is 5.69 Å². The van der Waals surface area contributed by atoms with Crippen molar-refractivity contribution in [1.82, 2.24) is 4.90 Å². The predicted octanol–water partition coefficient (Wildman–Crippen LogP) is 3.01. The number of likely N-dealkylation sites (tertiary alicyclic amines) is 1. The minimum absolute atomic E-state index is 0.627. The van der Waals surface area contributed by atoms with E-state index in [1.165, 1.54) is 31.6 Å². The molecule has 0 N–H and O–H groups in total. The van der Waals surface area contributed by atoms with Crippen molar-refractivity contribution in [1.29, 1.82) is 0 Å². The van der Waals surface area contributed by atoms with Crippen LogP contribution in [0.1, 0.15) is 26.2 Å². The maximum Gasteiger partial charge on any atom is 0.142 e. The van der Waals surface area contributed by atoms with E-state index in [1.807, 2.05) is 0 Å². The Morgan fingerprint density at radius 3 is 2.63 bits per heavy atom. The van der Waals surface area contributed by atoms with Gasteiger partial charge in [-0.2, -0.15) is 0 Å². The Morgan fingerprint density at radius 2 is 1.95 bits per heavy atom. The molecule has 0 amide bonds. The molecule has 1 heterocycles. The first-order valence-corrected chi connectivity index (χ1v) is 7.35. The Labute approximate surface area is 117 Å². The van der Waals surface area contributed by atoms with Crippen LogP contribution in [0.3, 0.4) is 0 Å². The topological polar surface area (TPSA) is 15.7 Å². The van der Waals surface area contributed by atoms with Gasteiger partial charge in [-0.05, 0) is 51.5 Å². The zero-order valence-electron chi connectivity index (χ0n) is 12.4. The molecule has 1 fully saturated rings. The maximum atomic E-state index is 5.87. The second-order valence-corrected chi connectivity index (χ2v) is 5.46. The van der Waals surface area contributed by atoms with E-state index >= 15 is 0 Å². The normalized spacial score (nSPS) is 17.4. The molecule has 0 atom stereocenters. The number of para-hydroxylation sites is 2. The number of hydrogen-bond donors (Lipinski definition) is 0. The average molecular weight is 262 g/mol. The van der Waals surface area contributed by atoms with E-state index in [4.69, 9.17) is 4.74 Å². The summed E-state index contributed by atoms with van der Waals surface area (Å²) in [6.45, 7) is 5.31. The molecule has 19 heavy (non-hydrogen) atoms. The van der Waals surface area contributed by atoms with E-state index in [2.05, 4.69) is 55.1 Å². The summed E-state index contributed by atoms with van der Waals surface area (Å²) in [5.41, 5.74) is 1.23. The Hall–Kier alpha value is -1.22. The summed E-state index contributed by atoms with van der Waals surface area (Å²) in [5.74, 6) is 1.02. The van der Waals surface area contributed by atoms with Crippen LogP contribution in [-0.2, 0) is 0 Å². The van der Waals surface area contributed by atoms with Crippen LogP contribution in [0.4, 0.5) is 5.69 Å². The van der Waals surface area contributed by atoms with Crippen molar-refractivity contribution in [2.24, 2.45) is 0 Å². The first-order chi connectivity index (χ1) is 9.22. The fraction of sp³-hybridized carbons (Fsp3) is 0.625. The molecule has 0 aliphatic carbocycles. The lowest BCUT2D eigenvalue weighted by atomic mass is 10.0. The molecule has 3 heteroatoms. The number of ether oxygens (including phenoxy) is 1. The zero-order chi connectivity index (χ0) is 13.7. The predicted molar refractivity (Wildman–Crippen MR) is 81.2 cm³/mol. The Balaban J connectivity index is 2.07. The number of piperidine rings is 1. The molecule has 1 aromatic carbocycles. The summed E-state index contributed by atoms with van der Waals surface area (Å²) in [6.07, 6.45) is 3.51. The lowest BCUT2D eigenvalue weighted by Crippen LogP contribution is -2.42. The van der Waals surface area contributed by atoms with E-state index in [0.717, 1.165) is 18.8 Å². The van der Waals surface area contributed by atoms with E-state index < -0.39 is 0 Å². The molecule has 3 nitrogen and oxygen atoms in total. The summed E-state index contributed by atoms with van der Waals surface area (Å²) < 4.78 is 5.87. The summed E-state index contributed by atoms with van der Waals surface area (Å²) in [4.78, 5) is 4.81. The van der Waals surface area contributed by atoms with Crippen LogP contribution in [0.2, 0.25) is 0 Å². The third-order valence-corrected chi connectivity index (χ3v) is 3.94. The molecule has 1 aromatic rings. The average Bonchev–Trinajstić information content (AvgIpc) is 2.45. The number of anilines is 1. The third kappa shape index (κ3) is 3.63. The molecular formula is C16H26N2O. The Kier molecular flexibility index (Phi) is 5.08. The van der Waals surface area contributed by atoms with Gasteiger partial charge < -0.3 is 14.5 Å². The van der Waals surface area contributed by atoms with Gasteiger partial charge in [-0.1, -0.05) is 19.1 Å². The van der Waals surface area contributed by atoms with E-state index in [-0.39, 0.29) is 0 Å². The van der Waals surface area contributed by atoms with Crippen LogP contribution in [0.25, 0.3) is 0 Å². The molecule has 0 saturated carbocycles. The van der Waals surface area contributed by atoms with Gasteiger partial charge in [0.15, 0.2) is 0 Å². The van der Waals surface area contributed by atoms with E-state index in [0.29, 0.717) is 6.04 Å². The second kappa shape index (κ2) is 6.80. The maximum absolute atomic E-state index is 5.87. The van der Waals surface area contributed by atoms with Gasteiger partial charge in [0.2, 0.25) is 0 Å². The molecular weight excluding hydrogens is 236 g/mol. The highest BCUT2D eigenvalue weighted by Crippen LogP contribution is 2.30. The van der Waals surface area contributed by atoms with Gasteiger partial charge in [-0.25, -0.2) is 0 Å². The van der Waals surface area contributed by atoms with Crippen molar-refractivity contribution in [2.75, 3.05) is 38.7 Å². The quantitative estimate of drug-likeness (QED) is 0.811. The number of nitrogens with zero attached hydrogens (tertiary/aromatic N) is 2.